The zero-order valence-electron chi connectivity index (χ0n) is 12.8. The zero-order valence-corrected chi connectivity index (χ0v) is 13.6. The van der Waals surface area contributed by atoms with Gasteiger partial charge in [-0.2, -0.15) is 11.8 Å². The summed E-state index contributed by atoms with van der Waals surface area (Å²) in [5.41, 5.74) is 2.62. The predicted octanol–water partition coefficient (Wildman–Crippen LogP) is 2.89. The monoisotopic (exact) mass is 307 g/mol. The Morgan fingerprint density at radius 3 is 2.71 bits per heavy atom. The van der Waals surface area contributed by atoms with E-state index >= 15 is 0 Å². The predicted molar refractivity (Wildman–Crippen MR) is 87.0 cm³/mol. The van der Waals surface area contributed by atoms with Gasteiger partial charge in [-0.1, -0.05) is 18.2 Å². The van der Waals surface area contributed by atoms with Crippen molar-refractivity contribution in [1.29, 1.82) is 0 Å². The molecule has 2 N–H and O–H groups in total. The van der Waals surface area contributed by atoms with Crippen LogP contribution in [-0.4, -0.2) is 35.2 Å². The number of aliphatic hydroxyl groups excluding tert-OH is 1. The van der Waals surface area contributed by atoms with Crippen LogP contribution in [-0.2, 0) is 0 Å². The van der Waals surface area contributed by atoms with Gasteiger partial charge in [0, 0.05) is 22.2 Å². The maximum Gasteiger partial charge on any atom is 0.287 e. The van der Waals surface area contributed by atoms with Gasteiger partial charge in [-0.15, -0.1) is 0 Å². The Bertz CT molecular complexity index is 646. The molecular formula is C16H21NO3S. The first kappa shape index (κ1) is 15.9. The number of fused-ring (bicyclic) bond motifs is 1. The molecule has 0 fully saturated rings. The molecule has 0 saturated heterocycles. The van der Waals surface area contributed by atoms with E-state index in [1.165, 1.54) is 11.8 Å². The van der Waals surface area contributed by atoms with Gasteiger partial charge in [-0.25, -0.2) is 0 Å². The molecule has 4 nitrogen and oxygen atoms in total. The molecule has 1 aromatic heterocycles. The summed E-state index contributed by atoms with van der Waals surface area (Å²) in [5, 5.41) is 13.1. The fourth-order valence-corrected chi connectivity index (χ4v) is 3.03. The van der Waals surface area contributed by atoms with Crippen molar-refractivity contribution in [3.8, 4) is 0 Å². The number of hydrogen-bond donors (Lipinski definition) is 2. The second kappa shape index (κ2) is 6.54. The first-order valence-corrected chi connectivity index (χ1v) is 8.21. The third-order valence-electron chi connectivity index (χ3n) is 3.77. The Morgan fingerprint density at radius 2 is 2.14 bits per heavy atom. The minimum Gasteiger partial charge on any atom is -0.450 e. The summed E-state index contributed by atoms with van der Waals surface area (Å²) in [6.07, 6.45) is 1.92. The minimum absolute atomic E-state index is 0.0274. The summed E-state index contributed by atoms with van der Waals surface area (Å²) in [5.74, 6) is 0.118. The molecule has 21 heavy (non-hydrogen) atoms. The van der Waals surface area contributed by atoms with Crippen LogP contribution in [0.25, 0.3) is 11.0 Å². The zero-order chi connectivity index (χ0) is 15.6. The van der Waals surface area contributed by atoms with Gasteiger partial charge >= 0.3 is 0 Å². The van der Waals surface area contributed by atoms with Crippen LogP contribution in [0, 0.1) is 13.8 Å². The van der Waals surface area contributed by atoms with Crippen LogP contribution in [0.3, 0.4) is 0 Å². The van der Waals surface area contributed by atoms with E-state index in [0.717, 1.165) is 22.1 Å². The molecule has 0 aliphatic rings. The molecule has 0 saturated carbocycles. The van der Waals surface area contributed by atoms with E-state index in [9.17, 15) is 9.90 Å². The Hall–Kier alpha value is -1.46. The number of furan rings is 1. The number of carbonyl (C=O) groups excluding carboxylic acids is 1. The first-order valence-electron chi connectivity index (χ1n) is 6.92. The Morgan fingerprint density at radius 1 is 1.43 bits per heavy atom. The van der Waals surface area contributed by atoms with Gasteiger partial charge in [0.2, 0.25) is 0 Å². The van der Waals surface area contributed by atoms with Gasteiger partial charge in [-0.05, 0) is 32.6 Å². The number of rotatable bonds is 5. The summed E-state index contributed by atoms with van der Waals surface area (Å²) in [6.45, 7) is 5.77. The van der Waals surface area contributed by atoms with Crippen LogP contribution < -0.4 is 5.32 Å². The van der Waals surface area contributed by atoms with E-state index in [0.29, 0.717) is 5.76 Å². The van der Waals surface area contributed by atoms with Gasteiger partial charge in [0.05, 0.1) is 6.61 Å². The Balaban J connectivity index is 2.28. The van der Waals surface area contributed by atoms with Crippen molar-refractivity contribution in [2.24, 2.45) is 0 Å². The highest BCUT2D eigenvalue weighted by Gasteiger charge is 2.23. The smallest absolute Gasteiger partial charge is 0.287 e. The van der Waals surface area contributed by atoms with E-state index in [1.54, 1.807) is 0 Å². The van der Waals surface area contributed by atoms with Crippen molar-refractivity contribution in [3.63, 3.8) is 0 Å². The Kier molecular flexibility index (Phi) is 4.96. The molecule has 0 aliphatic heterocycles. The van der Waals surface area contributed by atoms with Gasteiger partial charge in [0.15, 0.2) is 5.76 Å². The lowest BCUT2D eigenvalue weighted by atomic mass is 10.1. The SMILES string of the molecule is CSC(CO)C(C)NC(=O)c1oc2c(C)cccc2c1C. The molecule has 0 aliphatic carbocycles. The number of aliphatic hydroxyl groups is 1. The summed E-state index contributed by atoms with van der Waals surface area (Å²) in [6, 6.07) is 5.75. The standard InChI is InChI=1S/C16H21NO3S/c1-9-6-5-7-12-10(2)15(20-14(9)12)16(19)17-11(3)13(8-18)21-4/h5-7,11,13,18H,8H2,1-4H3,(H,17,19). The van der Waals surface area contributed by atoms with E-state index in [1.807, 2.05) is 45.2 Å². The van der Waals surface area contributed by atoms with Crippen molar-refractivity contribution in [1.82, 2.24) is 5.32 Å². The number of thioether (sulfide) groups is 1. The first-order chi connectivity index (χ1) is 9.99. The molecule has 2 aromatic rings. The van der Waals surface area contributed by atoms with Crippen LogP contribution in [0.5, 0.6) is 0 Å². The van der Waals surface area contributed by atoms with Crippen LogP contribution in [0.15, 0.2) is 22.6 Å². The molecule has 2 rings (SSSR count). The number of nitrogens with one attached hydrogen (secondary N) is 1. The maximum atomic E-state index is 12.4. The van der Waals surface area contributed by atoms with Crippen LogP contribution in [0.1, 0.15) is 28.6 Å². The van der Waals surface area contributed by atoms with E-state index in [4.69, 9.17) is 4.42 Å². The summed E-state index contributed by atoms with van der Waals surface area (Å²) < 4.78 is 5.76. The second-order valence-corrected chi connectivity index (χ2v) is 6.30. The van der Waals surface area contributed by atoms with Crippen molar-refractivity contribution in [3.05, 3.63) is 35.1 Å². The average Bonchev–Trinajstić information content (AvgIpc) is 2.79. The lowest BCUT2D eigenvalue weighted by Gasteiger charge is -2.20. The van der Waals surface area contributed by atoms with Gasteiger partial charge < -0.3 is 14.8 Å². The van der Waals surface area contributed by atoms with Crippen LogP contribution >= 0.6 is 11.8 Å². The van der Waals surface area contributed by atoms with E-state index in [2.05, 4.69) is 5.32 Å². The maximum absolute atomic E-state index is 12.4. The Labute approximate surface area is 128 Å². The number of amides is 1. The summed E-state index contributed by atoms with van der Waals surface area (Å²) >= 11 is 1.53. The fraction of sp³-hybridized carbons (Fsp3) is 0.438. The van der Waals surface area contributed by atoms with Gasteiger partial charge in [0.1, 0.15) is 5.58 Å². The highest BCUT2D eigenvalue weighted by molar-refractivity contribution is 7.99. The molecule has 5 heteroatoms. The number of hydrogen-bond acceptors (Lipinski definition) is 4. The molecule has 0 bridgehead atoms. The molecule has 2 unspecified atom stereocenters. The molecule has 2 atom stereocenters. The fourth-order valence-electron chi connectivity index (χ4n) is 2.40. The molecule has 114 valence electrons. The topological polar surface area (TPSA) is 62.5 Å². The van der Waals surface area contributed by atoms with Gasteiger partial charge in [0.25, 0.3) is 5.91 Å². The van der Waals surface area contributed by atoms with Gasteiger partial charge in [-0.3, -0.25) is 4.79 Å². The highest BCUT2D eigenvalue weighted by Crippen LogP contribution is 2.27. The summed E-state index contributed by atoms with van der Waals surface area (Å²) in [7, 11) is 0. The molecule has 1 heterocycles. The average molecular weight is 307 g/mol. The van der Waals surface area contributed by atoms with Crippen LogP contribution in [0.4, 0.5) is 0 Å². The molecule has 0 radical (unpaired) electrons. The number of aryl methyl sites for hydroxylation is 2. The number of benzene rings is 1. The quantitative estimate of drug-likeness (QED) is 0.891. The second-order valence-electron chi connectivity index (χ2n) is 5.23. The summed E-state index contributed by atoms with van der Waals surface area (Å²) in [4.78, 5) is 12.4. The molecular weight excluding hydrogens is 286 g/mol. The van der Waals surface area contributed by atoms with Crippen molar-refractivity contribution in [2.45, 2.75) is 32.1 Å². The van der Waals surface area contributed by atoms with Crippen molar-refractivity contribution >= 4 is 28.6 Å². The lowest BCUT2D eigenvalue weighted by Crippen LogP contribution is -2.41. The third-order valence-corrected chi connectivity index (χ3v) is 4.93. The number of carbonyl (C=O) groups is 1. The normalized spacial score (nSPS) is 14.1. The van der Waals surface area contributed by atoms with Crippen molar-refractivity contribution in [2.75, 3.05) is 12.9 Å². The molecule has 0 spiro atoms. The van der Waals surface area contributed by atoms with Crippen LogP contribution in [0.2, 0.25) is 0 Å². The van der Waals surface area contributed by atoms with Crippen molar-refractivity contribution < 1.29 is 14.3 Å². The van der Waals surface area contributed by atoms with E-state index < -0.39 is 0 Å². The molecule has 1 aromatic carbocycles. The highest BCUT2D eigenvalue weighted by atomic mass is 32.2. The third kappa shape index (κ3) is 3.09. The largest absolute Gasteiger partial charge is 0.450 e. The molecule has 1 amide bonds. The lowest BCUT2D eigenvalue weighted by molar-refractivity contribution is 0.0909. The minimum atomic E-state index is -0.233. The number of para-hydroxylation sites is 1. The van der Waals surface area contributed by atoms with E-state index in [-0.39, 0.29) is 23.8 Å².